The molecule has 10 rings (SSSR count). The van der Waals surface area contributed by atoms with Crippen LogP contribution in [0.25, 0.3) is 76.8 Å². The van der Waals surface area contributed by atoms with Crippen LogP contribution in [-0.2, 0) is 0 Å². The van der Waals surface area contributed by atoms with E-state index < -0.39 is 0 Å². The molecule has 0 aliphatic rings. The minimum absolute atomic E-state index is 1.10. The topological polar surface area (TPSA) is 3.24 Å². The molecule has 0 heterocycles. The molecule has 0 amide bonds. The summed E-state index contributed by atoms with van der Waals surface area (Å²) in [6, 6.07) is 81.4. The van der Waals surface area contributed by atoms with Crippen molar-refractivity contribution >= 4 is 49.4 Å². The Bertz CT molecular complexity index is 2930. The van der Waals surface area contributed by atoms with Crippen LogP contribution < -0.4 is 4.90 Å². The van der Waals surface area contributed by atoms with E-state index >= 15 is 0 Å². The second-order valence-corrected chi connectivity index (χ2v) is 14.1. The summed E-state index contributed by atoms with van der Waals surface area (Å²) in [5.74, 6) is 0. The van der Waals surface area contributed by atoms with Gasteiger partial charge in [0.2, 0.25) is 0 Å². The van der Waals surface area contributed by atoms with Crippen molar-refractivity contribution in [3.05, 3.63) is 224 Å². The van der Waals surface area contributed by atoms with Crippen molar-refractivity contribution < 1.29 is 0 Å². The molecule has 0 unspecified atom stereocenters. The van der Waals surface area contributed by atoms with E-state index in [9.17, 15) is 0 Å². The van der Waals surface area contributed by atoms with Gasteiger partial charge in [-0.15, -0.1) is 0 Å². The molecule has 0 saturated carbocycles. The molecule has 0 aliphatic heterocycles. The standard InChI is InChI=1S/C54H37N/c1-3-13-38(14-4-1)40-23-25-41(26-24-40)42-27-29-43(30-28-42)44-33-35-48(36-34-44)55(47-17-5-2-6-18-47)54-52-22-12-10-20-50(52)49-19-9-11-21-51(49)53(54)46-32-31-39-15-7-8-16-45(39)37-46/h1-37H. The first kappa shape index (κ1) is 32.4. The zero-order valence-electron chi connectivity index (χ0n) is 30.3. The lowest BCUT2D eigenvalue weighted by atomic mass is 9.89. The van der Waals surface area contributed by atoms with Gasteiger partial charge in [0.25, 0.3) is 0 Å². The van der Waals surface area contributed by atoms with E-state index in [2.05, 4.69) is 229 Å². The fourth-order valence-electron chi connectivity index (χ4n) is 8.12. The number of fused-ring (bicyclic) bond motifs is 4. The third-order valence-electron chi connectivity index (χ3n) is 10.9. The van der Waals surface area contributed by atoms with Crippen molar-refractivity contribution in [2.75, 3.05) is 4.90 Å². The predicted octanol–water partition coefficient (Wildman–Crippen LogP) is 15.3. The highest BCUT2D eigenvalue weighted by molar-refractivity contribution is 6.22. The molecule has 0 bridgehead atoms. The lowest BCUT2D eigenvalue weighted by Gasteiger charge is -2.30. The summed E-state index contributed by atoms with van der Waals surface area (Å²) in [6.07, 6.45) is 0. The molecular weight excluding hydrogens is 663 g/mol. The summed E-state index contributed by atoms with van der Waals surface area (Å²) in [5, 5.41) is 7.41. The van der Waals surface area contributed by atoms with Crippen molar-refractivity contribution in [3.8, 4) is 44.5 Å². The van der Waals surface area contributed by atoms with Gasteiger partial charge in [0.15, 0.2) is 0 Å². The quantitative estimate of drug-likeness (QED) is 0.150. The molecule has 0 aliphatic carbocycles. The van der Waals surface area contributed by atoms with E-state index in [-0.39, 0.29) is 0 Å². The first-order valence-corrected chi connectivity index (χ1v) is 18.9. The Morgan fingerprint density at radius 3 is 1.20 bits per heavy atom. The molecule has 0 radical (unpaired) electrons. The van der Waals surface area contributed by atoms with Gasteiger partial charge in [0.1, 0.15) is 0 Å². The fourth-order valence-corrected chi connectivity index (χ4v) is 8.12. The summed E-state index contributed by atoms with van der Waals surface area (Å²) in [4.78, 5) is 2.45. The zero-order valence-corrected chi connectivity index (χ0v) is 30.3. The molecule has 55 heavy (non-hydrogen) atoms. The molecule has 0 spiro atoms. The molecule has 0 aromatic heterocycles. The smallest absolute Gasteiger partial charge is 0.0624 e. The normalized spacial score (nSPS) is 11.3. The van der Waals surface area contributed by atoms with Crippen LogP contribution in [0.2, 0.25) is 0 Å². The van der Waals surface area contributed by atoms with E-state index in [1.54, 1.807) is 0 Å². The highest BCUT2D eigenvalue weighted by atomic mass is 15.1. The number of nitrogens with zero attached hydrogens (tertiary/aromatic N) is 1. The maximum atomic E-state index is 2.45. The summed E-state index contributed by atoms with van der Waals surface area (Å²) in [7, 11) is 0. The second kappa shape index (κ2) is 14.0. The average Bonchev–Trinajstić information content (AvgIpc) is 3.27. The predicted molar refractivity (Wildman–Crippen MR) is 235 cm³/mol. The van der Waals surface area contributed by atoms with Crippen LogP contribution in [0.1, 0.15) is 0 Å². The molecule has 1 heteroatoms. The van der Waals surface area contributed by atoms with Crippen LogP contribution in [-0.4, -0.2) is 0 Å². The van der Waals surface area contributed by atoms with Gasteiger partial charge < -0.3 is 4.90 Å². The van der Waals surface area contributed by atoms with Crippen LogP contribution in [0.15, 0.2) is 224 Å². The Hall–Kier alpha value is -7.22. The number of hydrogen-bond donors (Lipinski definition) is 0. The highest BCUT2D eigenvalue weighted by Gasteiger charge is 2.23. The van der Waals surface area contributed by atoms with Gasteiger partial charge in [0, 0.05) is 22.3 Å². The van der Waals surface area contributed by atoms with Crippen molar-refractivity contribution in [2.24, 2.45) is 0 Å². The van der Waals surface area contributed by atoms with Crippen molar-refractivity contribution in [1.29, 1.82) is 0 Å². The molecule has 10 aromatic rings. The largest absolute Gasteiger partial charge is 0.309 e. The Balaban J connectivity index is 1.09. The third-order valence-corrected chi connectivity index (χ3v) is 10.9. The van der Waals surface area contributed by atoms with E-state index in [0.29, 0.717) is 0 Å². The van der Waals surface area contributed by atoms with Crippen LogP contribution in [0.4, 0.5) is 17.1 Å². The minimum atomic E-state index is 1.10. The Morgan fingerprint density at radius 2 is 0.618 bits per heavy atom. The van der Waals surface area contributed by atoms with Crippen molar-refractivity contribution in [2.45, 2.75) is 0 Å². The molecule has 0 saturated heterocycles. The van der Waals surface area contributed by atoms with Gasteiger partial charge in [-0.3, -0.25) is 0 Å². The molecule has 0 atom stereocenters. The van der Waals surface area contributed by atoms with Gasteiger partial charge >= 0.3 is 0 Å². The summed E-state index contributed by atoms with van der Waals surface area (Å²) in [5.41, 5.74) is 13.1. The Labute approximate surface area is 322 Å². The molecule has 1 nitrogen and oxygen atoms in total. The number of hydrogen-bond acceptors (Lipinski definition) is 1. The van der Waals surface area contributed by atoms with Crippen LogP contribution in [0.3, 0.4) is 0 Å². The van der Waals surface area contributed by atoms with Gasteiger partial charge in [0.05, 0.1) is 5.69 Å². The SMILES string of the molecule is c1ccc(-c2ccc(-c3ccc(-c4ccc(N(c5ccccc5)c5c(-c6ccc7ccccc7c6)c6ccccc6c6ccccc56)cc4)cc3)cc2)cc1. The van der Waals surface area contributed by atoms with Gasteiger partial charge in [-0.1, -0.05) is 194 Å². The fraction of sp³-hybridized carbons (Fsp3) is 0. The van der Waals surface area contributed by atoms with E-state index in [1.165, 1.54) is 82.5 Å². The monoisotopic (exact) mass is 699 g/mol. The second-order valence-electron chi connectivity index (χ2n) is 14.1. The summed E-state index contributed by atoms with van der Waals surface area (Å²) < 4.78 is 0. The molecule has 258 valence electrons. The first-order chi connectivity index (χ1) is 27.3. The lowest BCUT2D eigenvalue weighted by Crippen LogP contribution is -2.12. The molecule has 0 N–H and O–H groups in total. The summed E-state index contributed by atoms with van der Waals surface area (Å²) >= 11 is 0. The van der Waals surface area contributed by atoms with Gasteiger partial charge in [-0.2, -0.15) is 0 Å². The third kappa shape index (κ3) is 6.02. The van der Waals surface area contributed by atoms with Crippen molar-refractivity contribution in [1.82, 2.24) is 0 Å². The van der Waals surface area contributed by atoms with Crippen LogP contribution >= 0.6 is 0 Å². The molecule has 10 aromatic carbocycles. The molecule has 0 fully saturated rings. The van der Waals surface area contributed by atoms with Gasteiger partial charge in [-0.05, 0) is 96.2 Å². The zero-order chi connectivity index (χ0) is 36.6. The number of para-hydroxylation sites is 1. The average molecular weight is 700 g/mol. The number of rotatable bonds is 7. The lowest BCUT2D eigenvalue weighted by molar-refractivity contribution is 1.30. The highest BCUT2D eigenvalue weighted by Crippen LogP contribution is 2.49. The minimum Gasteiger partial charge on any atom is -0.309 e. The van der Waals surface area contributed by atoms with E-state index in [4.69, 9.17) is 0 Å². The molecular formula is C54H37N. The maximum absolute atomic E-state index is 2.45. The van der Waals surface area contributed by atoms with Crippen molar-refractivity contribution in [3.63, 3.8) is 0 Å². The van der Waals surface area contributed by atoms with Gasteiger partial charge in [-0.25, -0.2) is 0 Å². The van der Waals surface area contributed by atoms with Crippen LogP contribution in [0.5, 0.6) is 0 Å². The number of benzene rings is 10. The Kier molecular flexibility index (Phi) is 8.24. The first-order valence-electron chi connectivity index (χ1n) is 18.9. The summed E-state index contributed by atoms with van der Waals surface area (Å²) in [6.45, 7) is 0. The Morgan fingerprint density at radius 1 is 0.236 bits per heavy atom. The van der Waals surface area contributed by atoms with E-state index in [1.807, 2.05) is 0 Å². The van der Waals surface area contributed by atoms with E-state index in [0.717, 1.165) is 11.4 Å². The number of anilines is 3. The van der Waals surface area contributed by atoms with Crippen LogP contribution in [0, 0.1) is 0 Å². The maximum Gasteiger partial charge on any atom is 0.0624 e.